The van der Waals surface area contributed by atoms with Gasteiger partial charge in [-0.1, -0.05) is 12.1 Å². The van der Waals surface area contributed by atoms with E-state index in [1.807, 2.05) is 24.3 Å². The molecule has 0 bridgehead atoms. The van der Waals surface area contributed by atoms with E-state index < -0.39 is 6.10 Å². The van der Waals surface area contributed by atoms with Crippen LogP contribution < -0.4 is 10.5 Å². The van der Waals surface area contributed by atoms with Crippen molar-refractivity contribution in [3.05, 3.63) is 48.2 Å². The average molecular weight is 286 g/mol. The van der Waals surface area contributed by atoms with Crippen LogP contribution in [0.25, 0.3) is 0 Å². The van der Waals surface area contributed by atoms with E-state index in [4.69, 9.17) is 10.5 Å². The van der Waals surface area contributed by atoms with Crippen molar-refractivity contribution in [2.75, 3.05) is 11.5 Å². The molecule has 0 fully saturated rings. The average Bonchev–Trinajstić information content (AvgIpc) is 2.47. The number of hydrogen-bond donors (Lipinski definition) is 1. The number of ketones is 1. The third-order valence-electron chi connectivity index (χ3n) is 3.09. The summed E-state index contributed by atoms with van der Waals surface area (Å²) in [6.07, 6.45) is 1.54. The highest BCUT2D eigenvalue weighted by atomic mass is 32.2. The van der Waals surface area contributed by atoms with Gasteiger partial charge in [-0.25, -0.2) is 4.98 Å². The van der Waals surface area contributed by atoms with Gasteiger partial charge >= 0.3 is 0 Å². The number of nitrogen functional groups attached to an aromatic ring is 1. The number of thioether (sulfide) groups is 1. The van der Waals surface area contributed by atoms with Crippen LogP contribution in [0.5, 0.6) is 5.75 Å². The first-order valence-electron chi connectivity index (χ1n) is 6.34. The van der Waals surface area contributed by atoms with Crippen LogP contribution in [-0.2, 0) is 11.2 Å². The molecule has 5 heteroatoms. The van der Waals surface area contributed by atoms with Crippen molar-refractivity contribution in [3.63, 3.8) is 0 Å². The van der Waals surface area contributed by atoms with Gasteiger partial charge in [0.15, 0.2) is 11.9 Å². The normalized spacial score (nSPS) is 17.1. The Kier molecular flexibility index (Phi) is 3.60. The summed E-state index contributed by atoms with van der Waals surface area (Å²) in [5, 5.41) is 0. The van der Waals surface area contributed by atoms with Gasteiger partial charge in [0, 0.05) is 23.3 Å². The number of benzene rings is 1. The number of nitrogens with two attached hydrogens (primary N) is 1. The van der Waals surface area contributed by atoms with Crippen LogP contribution in [0.3, 0.4) is 0 Å². The van der Waals surface area contributed by atoms with Crippen LogP contribution in [-0.4, -0.2) is 22.6 Å². The molecule has 1 atom stereocenters. The molecule has 1 aromatic carbocycles. The summed E-state index contributed by atoms with van der Waals surface area (Å²) >= 11 is 1.66. The van der Waals surface area contributed by atoms with Crippen LogP contribution in [0.4, 0.5) is 5.82 Å². The summed E-state index contributed by atoms with van der Waals surface area (Å²) in [7, 11) is 0. The van der Waals surface area contributed by atoms with Crippen molar-refractivity contribution in [3.8, 4) is 5.75 Å². The molecule has 2 aromatic rings. The summed E-state index contributed by atoms with van der Waals surface area (Å²) in [4.78, 5) is 17.3. The molecule has 1 unspecified atom stereocenters. The van der Waals surface area contributed by atoms with Gasteiger partial charge in [0.05, 0.1) is 0 Å². The number of pyridine rings is 1. The van der Waals surface area contributed by atoms with Crippen LogP contribution in [0.1, 0.15) is 5.56 Å². The van der Waals surface area contributed by atoms with E-state index in [9.17, 15) is 4.79 Å². The number of carbonyl (C=O) groups excluding carboxylic acids is 1. The number of hydrogen-bond acceptors (Lipinski definition) is 5. The highest BCUT2D eigenvalue weighted by Gasteiger charge is 2.26. The van der Waals surface area contributed by atoms with Gasteiger partial charge in [-0.15, -0.1) is 11.8 Å². The zero-order valence-electron chi connectivity index (χ0n) is 10.8. The first kappa shape index (κ1) is 13.0. The molecule has 3 rings (SSSR count). The Morgan fingerprint density at radius 3 is 3.10 bits per heavy atom. The number of nitrogens with zero attached hydrogens (tertiary/aromatic N) is 1. The SMILES string of the molecule is Nc1cc(CC(=O)C2CSc3ccccc3O2)ccn1. The second-order valence-electron chi connectivity index (χ2n) is 4.60. The Balaban J connectivity index is 1.70. The van der Waals surface area contributed by atoms with Crippen molar-refractivity contribution in [1.29, 1.82) is 0 Å². The first-order valence-corrected chi connectivity index (χ1v) is 7.32. The van der Waals surface area contributed by atoms with Crippen molar-refractivity contribution in [2.24, 2.45) is 0 Å². The molecule has 102 valence electrons. The number of anilines is 1. The highest BCUT2D eigenvalue weighted by Crippen LogP contribution is 2.35. The van der Waals surface area contributed by atoms with Crippen LogP contribution in [0.15, 0.2) is 47.5 Å². The molecule has 0 saturated carbocycles. The number of fused-ring (bicyclic) bond motifs is 1. The van der Waals surface area contributed by atoms with Crippen LogP contribution in [0.2, 0.25) is 0 Å². The van der Waals surface area contributed by atoms with Gasteiger partial charge in [0.25, 0.3) is 0 Å². The fourth-order valence-electron chi connectivity index (χ4n) is 2.10. The van der Waals surface area contributed by atoms with Crippen molar-refractivity contribution in [2.45, 2.75) is 17.4 Å². The third-order valence-corrected chi connectivity index (χ3v) is 4.21. The van der Waals surface area contributed by atoms with Gasteiger partial charge in [0.1, 0.15) is 11.6 Å². The monoisotopic (exact) mass is 286 g/mol. The van der Waals surface area contributed by atoms with Gasteiger partial charge in [-0.3, -0.25) is 4.79 Å². The van der Waals surface area contributed by atoms with E-state index in [-0.39, 0.29) is 5.78 Å². The summed E-state index contributed by atoms with van der Waals surface area (Å²) in [6, 6.07) is 11.3. The zero-order valence-corrected chi connectivity index (χ0v) is 11.6. The topological polar surface area (TPSA) is 65.2 Å². The van der Waals surface area contributed by atoms with Crippen LogP contribution >= 0.6 is 11.8 Å². The van der Waals surface area contributed by atoms with Gasteiger partial charge < -0.3 is 10.5 Å². The lowest BCUT2D eigenvalue weighted by atomic mass is 10.1. The zero-order chi connectivity index (χ0) is 13.9. The molecule has 0 spiro atoms. The highest BCUT2D eigenvalue weighted by molar-refractivity contribution is 7.99. The Morgan fingerprint density at radius 2 is 2.25 bits per heavy atom. The van der Waals surface area contributed by atoms with E-state index in [1.54, 1.807) is 30.1 Å². The molecule has 0 saturated heterocycles. The second-order valence-corrected chi connectivity index (χ2v) is 5.66. The molecule has 1 aliphatic heterocycles. The second kappa shape index (κ2) is 5.54. The molecular formula is C15H14N2O2S. The summed E-state index contributed by atoms with van der Waals surface area (Å²) in [5.74, 6) is 1.93. The molecule has 4 nitrogen and oxygen atoms in total. The Bertz CT molecular complexity index is 645. The molecular weight excluding hydrogens is 272 g/mol. The lowest BCUT2D eigenvalue weighted by molar-refractivity contribution is -0.124. The van der Waals surface area contributed by atoms with E-state index in [2.05, 4.69) is 4.98 Å². The predicted octanol–water partition coefficient (Wildman–Crippen LogP) is 2.33. The fourth-order valence-corrected chi connectivity index (χ4v) is 3.12. The number of para-hydroxylation sites is 1. The summed E-state index contributed by atoms with van der Waals surface area (Å²) in [6.45, 7) is 0. The lowest BCUT2D eigenvalue weighted by Gasteiger charge is -2.24. The van der Waals surface area contributed by atoms with Crippen LogP contribution in [0, 0.1) is 0 Å². The molecule has 20 heavy (non-hydrogen) atoms. The number of rotatable bonds is 3. The molecule has 1 aliphatic rings. The quantitative estimate of drug-likeness (QED) is 0.938. The Morgan fingerprint density at radius 1 is 1.40 bits per heavy atom. The minimum atomic E-state index is -0.399. The first-order chi connectivity index (χ1) is 9.72. The number of aromatic nitrogens is 1. The Hall–Kier alpha value is -2.01. The minimum Gasteiger partial charge on any atom is -0.481 e. The van der Waals surface area contributed by atoms with E-state index in [0.717, 1.165) is 16.2 Å². The Labute approximate surface area is 121 Å². The lowest BCUT2D eigenvalue weighted by Crippen LogP contribution is -2.33. The van der Waals surface area contributed by atoms with E-state index in [0.29, 0.717) is 18.0 Å². The molecule has 1 aromatic heterocycles. The molecule has 0 radical (unpaired) electrons. The maximum absolute atomic E-state index is 12.3. The summed E-state index contributed by atoms with van der Waals surface area (Å²) in [5.41, 5.74) is 6.49. The smallest absolute Gasteiger partial charge is 0.178 e. The predicted molar refractivity (Wildman–Crippen MR) is 78.9 cm³/mol. The van der Waals surface area contributed by atoms with E-state index >= 15 is 0 Å². The molecule has 0 aliphatic carbocycles. The fraction of sp³-hybridized carbons (Fsp3) is 0.200. The van der Waals surface area contributed by atoms with Gasteiger partial charge in [0.2, 0.25) is 0 Å². The van der Waals surface area contributed by atoms with Crippen molar-refractivity contribution in [1.82, 2.24) is 4.98 Å². The van der Waals surface area contributed by atoms with E-state index in [1.165, 1.54) is 0 Å². The maximum Gasteiger partial charge on any atom is 0.178 e. The maximum atomic E-state index is 12.3. The molecule has 2 N–H and O–H groups in total. The van der Waals surface area contributed by atoms with Gasteiger partial charge in [-0.2, -0.15) is 0 Å². The largest absolute Gasteiger partial charge is 0.481 e. The number of carbonyl (C=O) groups is 1. The number of ether oxygens (including phenoxy) is 1. The third kappa shape index (κ3) is 2.77. The number of Topliss-reactive ketones (excluding diaryl/α,β-unsaturated/α-hetero) is 1. The van der Waals surface area contributed by atoms with Gasteiger partial charge in [-0.05, 0) is 29.8 Å². The standard InChI is InChI=1S/C15H14N2O2S/c16-15-8-10(5-6-17-15)7-11(18)13-9-20-14-4-2-1-3-12(14)19-13/h1-6,8,13H,7,9H2,(H2,16,17). The molecule has 0 amide bonds. The summed E-state index contributed by atoms with van der Waals surface area (Å²) < 4.78 is 5.78. The van der Waals surface area contributed by atoms with Crippen molar-refractivity contribution >= 4 is 23.4 Å². The minimum absolute atomic E-state index is 0.0672. The molecule has 2 heterocycles. The van der Waals surface area contributed by atoms with Crippen molar-refractivity contribution < 1.29 is 9.53 Å².